The van der Waals surface area contributed by atoms with Crippen molar-refractivity contribution in [2.24, 2.45) is 0 Å². The van der Waals surface area contributed by atoms with Crippen LogP contribution in [0.5, 0.6) is 0 Å². The van der Waals surface area contributed by atoms with Gasteiger partial charge in [-0.05, 0) is 13.8 Å². The molecule has 8 heteroatoms. The fourth-order valence-corrected chi connectivity index (χ4v) is 1.31. The van der Waals surface area contributed by atoms with Gasteiger partial charge in [0.05, 0.1) is 6.54 Å². The quantitative estimate of drug-likeness (QED) is 0.774. The molecule has 0 unspecified atom stereocenters. The monoisotopic (exact) mass is 280 g/mol. The molecule has 1 N–H and O–H groups in total. The van der Waals surface area contributed by atoms with Crippen LogP contribution in [0.15, 0.2) is 0 Å². The van der Waals surface area contributed by atoms with Crippen molar-refractivity contribution in [1.82, 2.24) is 9.80 Å². The van der Waals surface area contributed by atoms with Crippen LogP contribution in [0.2, 0.25) is 0 Å². The summed E-state index contributed by atoms with van der Waals surface area (Å²) in [5.41, 5.74) is 0. The fraction of sp³-hybridized carbons (Fsp3) is 0.636. The van der Waals surface area contributed by atoms with Crippen molar-refractivity contribution >= 4 is 12.0 Å². The van der Waals surface area contributed by atoms with Crippen LogP contribution in [0.25, 0.3) is 0 Å². The normalized spacial score (nSPS) is 11.0. The molecule has 0 radical (unpaired) electrons. The molecule has 0 fully saturated rings. The lowest BCUT2D eigenvalue weighted by atomic mass is 10.3. The van der Waals surface area contributed by atoms with Gasteiger partial charge < -0.3 is 14.9 Å². The van der Waals surface area contributed by atoms with Gasteiger partial charge in [0.1, 0.15) is 13.1 Å². The highest BCUT2D eigenvalue weighted by atomic mass is 19.4. The molecule has 19 heavy (non-hydrogen) atoms. The Morgan fingerprint density at radius 3 is 2.21 bits per heavy atom. The third-order valence-corrected chi connectivity index (χ3v) is 2.10. The smallest absolute Gasteiger partial charge is 0.406 e. The molecule has 0 aliphatic carbocycles. The minimum Gasteiger partial charge on any atom is -0.480 e. The molecule has 0 saturated carbocycles. The SMILES string of the molecule is C#CCN(CC(=O)O)C(=O)N(CC(F)(F)F)C(C)C. The summed E-state index contributed by atoms with van der Waals surface area (Å²) in [5.74, 6) is 0.697. The standard InChI is InChI=1S/C11H15F3N2O3/c1-4-5-15(6-9(17)18)10(19)16(8(2)3)7-11(12,13)14/h1,8H,5-7H2,2-3H3,(H,17,18). The van der Waals surface area contributed by atoms with Crippen molar-refractivity contribution in [3.63, 3.8) is 0 Å². The van der Waals surface area contributed by atoms with E-state index >= 15 is 0 Å². The molecule has 0 aromatic carbocycles. The van der Waals surface area contributed by atoms with E-state index in [-0.39, 0.29) is 6.54 Å². The molecule has 108 valence electrons. The second kappa shape index (κ2) is 6.87. The number of nitrogens with zero attached hydrogens (tertiary/aromatic N) is 2. The zero-order chi connectivity index (χ0) is 15.2. The number of halogens is 3. The topological polar surface area (TPSA) is 60.9 Å². The van der Waals surface area contributed by atoms with Crippen molar-refractivity contribution in [2.75, 3.05) is 19.6 Å². The predicted octanol–water partition coefficient (Wildman–Crippen LogP) is 1.40. The molecule has 0 spiro atoms. The highest BCUT2D eigenvalue weighted by molar-refractivity contribution is 5.80. The Balaban J connectivity index is 5.03. The van der Waals surface area contributed by atoms with Gasteiger partial charge >= 0.3 is 18.2 Å². The number of carboxylic acid groups (broad SMARTS) is 1. The zero-order valence-electron chi connectivity index (χ0n) is 10.6. The Hall–Kier alpha value is -1.91. The van der Waals surface area contributed by atoms with E-state index in [4.69, 9.17) is 11.5 Å². The Labute approximate surface area is 109 Å². The summed E-state index contributed by atoms with van der Waals surface area (Å²) in [6.07, 6.45) is 0.404. The van der Waals surface area contributed by atoms with E-state index < -0.39 is 37.3 Å². The first-order valence-corrected chi connectivity index (χ1v) is 5.36. The molecule has 0 atom stereocenters. The predicted molar refractivity (Wildman–Crippen MR) is 61.3 cm³/mol. The maximum Gasteiger partial charge on any atom is 0.406 e. The van der Waals surface area contributed by atoms with E-state index in [2.05, 4.69) is 0 Å². The van der Waals surface area contributed by atoms with Gasteiger partial charge in [0, 0.05) is 6.04 Å². The number of amides is 2. The molecule has 2 amide bonds. The molecular weight excluding hydrogens is 265 g/mol. The molecule has 0 aromatic heterocycles. The first-order valence-electron chi connectivity index (χ1n) is 5.36. The Kier molecular flexibility index (Phi) is 6.18. The van der Waals surface area contributed by atoms with Gasteiger partial charge in [-0.2, -0.15) is 13.2 Å². The molecule has 5 nitrogen and oxygen atoms in total. The van der Waals surface area contributed by atoms with Crippen LogP contribution in [0, 0.1) is 12.3 Å². The third-order valence-electron chi connectivity index (χ3n) is 2.10. The van der Waals surface area contributed by atoms with E-state index in [1.54, 1.807) is 0 Å². The number of rotatable bonds is 5. The number of urea groups is 1. The van der Waals surface area contributed by atoms with E-state index in [1.807, 2.05) is 5.92 Å². The Morgan fingerprint density at radius 1 is 1.37 bits per heavy atom. The summed E-state index contributed by atoms with van der Waals surface area (Å²) in [5, 5.41) is 8.61. The van der Waals surface area contributed by atoms with Gasteiger partial charge in [-0.3, -0.25) is 4.79 Å². The van der Waals surface area contributed by atoms with E-state index in [9.17, 15) is 22.8 Å². The lowest BCUT2D eigenvalue weighted by molar-refractivity contribution is -0.144. The summed E-state index contributed by atoms with van der Waals surface area (Å²) < 4.78 is 37.1. The largest absolute Gasteiger partial charge is 0.480 e. The average Bonchev–Trinajstić information content (AvgIpc) is 2.22. The summed E-state index contributed by atoms with van der Waals surface area (Å²) in [6.45, 7) is 0.234. The number of hydrogen-bond donors (Lipinski definition) is 1. The lowest BCUT2D eigenvalue weighted by Gasteiger charge is -2.32. The molecule has 0 bridgehead atoms. The van der Waals surface area contributed by atoms with Gasteiger partial charge in [0.25, 0.3) is 0 Å². The number of carbonyl (C=O) groups excluding carboxylic acids is 1. The summed E-state index contributed by atoms with van der Waals surface area (Å²) in [4.78, 5) is 23.6. The number of aliphatic carboxylic acids is 1. The fourth-order valence-electron chi connectivity index (χ4n) is 1.31. The van der Waals surface area contributed by atoms with Crippen LogP contribution in [0.3, 0.4) is 0 Å². The number of hydrogen-bond acceptors (Lipinski definition) is 2. The van der Waals surface area contributed by atoms with Crippen molar-refractivity contribution in [3.8, 4) is 12.3 Å². The van der Waals surface area contributed by atoms with Crippen LogP contribution in [0.1, 0.15) is 13.8 Å². The van der Waals surface area contributed by atoms with E-state index in [0.29, 0.717) is 9.80 Å². The van der Waals surface area contributed by atoms with Crippen LogP contribution < -0.4 is 0 Å². The minimum absolute atomic E-state index is 0.369. The third kappa shape index (κ3) is 6.55. The summed E-state index contributed by atoms with van der Waals surface area (Å²) in [6, 6.07) is -1.78. The second-order valence-electron chi connectivity index (χ2n) is 4.07. The molecular formula is C11H15F3N2O3. The van der Waals surface area contributed by atoms with Crippen LogP contribution in [-0.4, -0.2) is 58.8 Å². The van der Waals surface area contributed by atoms with Crippen LogP contribution in [0.4, 0.5) is 18.0 Å². The highest BCUT2D eigenvalue weighted by Gasteiger charge is 2.36. The maximum absolute atomic E-state index is 12.4. The van der Waals surface area contributed by atoms with Gasteiger partial charge in [0.15, 0.2) is 0 Å². The van der Waals surface area contributed by atoms with Crippen LogP contribution >= 0.6 is 0 Å². The zero-order valence-corrected chi connectivity index (χ0v) is 10.6. The average molecular weight is 280 g/mol. The number of carbonyl (C=O) groups is 2. The summed E-state index contributed by atoms with van der Waals surface area (Å²) in [7, 11) is 0. The second-order valence-corrected chi connectivity index (χ2v) is 4.07. The first kappa shape index (κ1) is 17.1. The maximum atomic E-state index is 12.4. The van der Waals surface area contributed by atoms with Crippen LogP contribution in [-0.2, 0) is 4.79 Å². The molecule has 0 aliphatic rings. The van der Waals surface area contributed by atoms with Gasteiger partial charge in [-0.25, -0.2) is 4.79 Å². The highest BCUT2D eigenvalue weighted by Crippen LogP contribution is 2.19. The van der Waals surface area contributed by atoms with E-state index in [1.165, 1.54) is 13.8 Å². The molecule has 0 aliphatic heterocycles. The van der Waals surface area contributed by atoms with Gasteiger partial charge in [0.2, 0.25) is 0 Å². The number of carboxylic acids is 1. The molecule has 0 saturated heterocycles. The molecule has 0 aromatic rings. The lowest BCUT2D eigenvalue weighted by Crippen LogP contribution is -2.51. The first-order chi connectivity index (χ1) is 8.58. The van der Waals surface area contributed by atoms with Gasteiger partial charge in [-0.15, -0.1) is 6.42 Å². The van der Waals surface area contributed by atoms with Crippen molar-refractivity contribution in [2.45, 2.75) is 26.1 Å². The molecule has 0 heterocycles. The Morgan fingerprint density at radius 2 is 1.89 bits per heavy atom. The Bertz CT molecular complexity index is 374. The van der Waals surface area contributed by atoms with Crippen molar-refractivity contribution < 1.29 is 27.9 Å². The summed E-state index contributed by atoms with van der Waals surface area (Å²) >= 11 is 0. The van der Waals surface area contributed by atoms with Crippen molar-refractivity contribution in [1.29, 1.82) is 0 Å². The van der Waals surface area contributed by atoms with Crippen molar-refractivity contribution in [3.05, 3.63) is 0 Å². The molecule has 0 rings (SSSR count). The van der Waals surface area contributed by atoms with E-state index in [0.717, 1.165) is 0 Å². The number of terminal acetylenes is 1. The van der Waals surface area contributed by atoms with Gasteiger partial charge in [-0.1, -0.05) is 5.92 Å². The number of alkyl halides is 3. The minimum atomic E-state index is -4.56.